The first kappa shape index (κ1) is 14.3. The Bertz CT molecular complexity index is 599. The monoisotopic (exact) mass is 283 g/mol. The number of aliphatic hydroxyl groups excluding tert-OH is 1. The van der Waals surface area contributed by atoms with E-state index in [1.165, 1.54) is 43.8 Å². The smallest absolute Gasteiger partial charge is 0.416 e. The van der Waals surface area contributed by atoms with Gasteiger partial charge in [-0.1, -0.05) is 18.2 Å². The van der Waals surface area contributed by atoms with Gasteiger partial charge < -0.3 is 9.84 Å². The molecule has 1 aromatic carbocycles. The van der Waals surface area contributed by atoms with E-state index >= 15 is 0 Å². The molecule has 0 bridgehead atoms. The maximum atomic E-state index is 13.0. The van der Waals surface area contributed by atoms with Crippen molar-refractivity contribution in [3.8, 4) is 5.75 Å². The van der Waals surface area contributed by atoms with Crippen LogP contribution in [0.3, 0.4) is 0 Å². The Morgan fingerprint density at radius 3 is 2.50 bits per heavy atom. The van der Waals surface area contributed by atoms with Crippen molar-refractivity contribution in [3.63, 3.8) is 0 Å². The summed E-state index contributed by atoms with van der Waals surface area (Å²) < 4.78 is 43.9. The lowest BCUT2D eigenvalue weighted by atomic mass is 9.96. The Morgan fingerprint density at radius 2 is 1.85 bits per heavy atom. The van der Waals surface area contributed by atoms with E-state index in [1.807, 2.05) is 0 Å². The van der Waals surface area contributed by atoms with E-state index in [0.717, 1.165) is 6.07 Å². The van der Waals surface area contributed by atoms with Gasteiger partial charge in [0.15, 0.2) is 0 Å². The molecule has 106 valence electrons. The van der Waals surface area contributed by atoms with Gasteiger partial charge in [-0.15, -0.1) is 0 Å². The van der Waals surface area contributed by atoms with Crippen LogP contribution in [-0.2, 0) is 6.18 Å². The number of aromatic nitrogens is 1. The van der Waals surface area contributed by atoms with Crippen LogP contribution in [0.15, 0.2) is 42.7 Å². The van der Waals surface area contributed by atoms with E-state index in [-0.39, 0.29) is 16.9 Å². The van der Waals surface area contributed by atoms with Gasteiger partial charge in [-0.25, -0.2) is 0 Å². The lowest BCUT2D eigenvalue weighted by Crippen LogP contribution is -2.13. The van der Waals surface area contributed by atoms with Crippen LogP contribution >= 0.6 is 0 Å². The van der Waals surface area contributed by atoms with Gasteiger partial charge in [0.2, 0.25) is 0 Å². The summed E-state index contributed by atoms with van der Waals surface area (Å²) in [7, 11) is 1.36. The topological polar surface area (TPSA) is 42.4 Å². The van der Waals surface area contributed by atoms with Crippen LogP contribution in [0.1, 0.15) is 22.8 Å². The molecule has 20 heavy (non-hydrogen) atoms. The minimum absolute atomic E-state index is 0.218. The van der Waals surface area contributed by atoms with E-state index in [0.29, 0.717) is 0 Å². The highest BCUT2D eigenvalue weighted by Gasteiger charge is 2.35. The summed E-state index contributed by atoms with van der Waals surface area (Å²) in [5, 5.41) is 10.2. The largest absolute Gasteiger partial charge is 0.495 e. The molecule has 2 rings (SSSR count). The summed E-state index contributed by atoms with van der Waals surface area (Å²) in [5.74, 6) is 0.233. The van der Waals surface area contributed by atoms with E-state index < -0.39 is 17.8 Å². The number of ether oxygens (including phenoxy) is 1. The fourth-order valence-corrected chi connectivity index (χ4v) is 1.95. The van der Waals surface area contributed by atoms with Crippen molar-refractivity contribution in [1.82, 2.24) is 4.98 Å². The highest BCUT2D eigenvalue weighted by molar-refractivity contribution is 5.42. The minimum Gasteiger partial charge on any atom is -0.495 e. The minimum atomic E-state index is -4.53. The molecule has 1 unspecified atom stereocenters. The standard InChI is InChI=1S/C14H12F3NO2/c1-20-12-8-18-7-6-10(12)13(19)9-4-2-3-5-11(9)14(15,16)17/h2-8,13,19H,1H3. The lowest BCUT2D eigenvalue weighted by Gasteiger charge is -2.19. The zero-order chi connectivity index (χ0) is 14.8. The van der Waals surface area contributed by atoms with Gasteiger partial charge in [-0.2, -0.15) is 13.2 Å². The van der Waals surface area contributed by atoms with E-state index in [2.05, 4.69) is 4.98 Å². The number of rotatable bonds is 3. The number of methoxy groups -OCH3 is 1. The van der Waals surface area contributed by atoms with E-state index in [1.54, 1.807) is 0 Å². The second kappa shape index (κ2) is 5.50. The van der Waals surface area contributed by atoms with Crippen molar-refractivity contribution in [1.29, 1.82) is 0 Å². The number of hydrogen-bond donors (Lipinski definition) is 1. The molecule has 6 heteroatoms. The maximum absolute atomic E-state index is 13.0. The van der Waals surface area contributed by atoms with Gasteiger partial charge >= 0.3 is 6.18 Å². The summed E-state index contributed by atoms with van der Waals surface area (Å²) in [6.07, 6.45) is -3.24. The predicted molar refractivity (Wildman–Crippen MR) is 66.3 cm³/mol. The quantitative estimate of drug-likeness (QED) is 0.940. The number of hydrogen-bond acceptors (Lipinski definition) is 3. The van der Waals surface area contributed by atoms with Gasteiger partial charge in [0.25, 0.3) is 0 Å². The zero-order valence-corrected chi connectivity index (χ0v) is 10.6. The van der Waals surface area contributed by atoms with Crippen LogP contribution in [0.4, 0.5) is 13.2 Å². The van der Waals surface area contributed by atoms with Crippen LogP contribution in [-0.4, -0.2) is 17.2 Å². The lowest BCUT2D eigenvalue weighted by molar-refractivity contribution is -0.139. The Hall–Kier alpha value is -2.08. The van der Waals surface area contributed by atoms with Crippen molar-refractivity contribution >= 4 is 0 Å². The molecule has 1 N–H and O–H groups in total. The molecule has 0 aliphatic rings. The van der Waals surface area contributed by atoms with E-state index in [9.17, 15) is 18.3 Å². The first-order valence-electron chi connectivity index (χ1n) is 5.77. The number of halogens is 3. The van der Waals surface area contributed by atoms with Crippen LogP contribution < -0.4 is 4.74 Å². The van der Waals surface area contributed by atoms with Crippen molar-refractivity contribution < 1.29 is 23.0 Å². The number of nitrogens with zero attached hydrogens (tertiary/aromatic N) is 1. The molecule has 3 nitrogen and oxygen atoms in total. The predicted octanol–water partition coefficient (Wildman–Crippen LogP) is 3.19. The van der Waals surface area contributed by atoms with Crippen molar-refractivity contribution in [2.75, 3.05) is 7.11 Å². The fraction of sp³-hybridized carbons (Fsp3) is 0.214. The first-order chi connectivity index (χ1) is 9.45. The van der Waals surface area contributed by atoms with Gasteiger partial charge in [-0.05, 0) is 17.7 Å². The molecule has 0 amide bonds. The Kier molecular flexibility index (Phi) is 3.94. The Balaban J connectivity index is 2.52. The fourth-order valence-electron chi connectivity index (χ4n) is 1.95. The molecule has 0 fully saturated rings. The van der Waals surface area contributed by atoms with Gasteiger partial charge in [0.1, 0.15) is 11.9 Å². The third-order valence-corrected chi connectivity index (χ3v) is 2.89. The van der Waals surface area contributed by atoms with Crippen LogP contribution in [0.25, 0.3) is 0 Å². The molecule has 0 radical (unpaired) electrons. The molecule has 2 aromatic rings. The average molecular weight is 283 g/mol. The number of alkyl halides is 3. The highest BCUT2D eigenvalue weighted by atomic mass is 19.4. The van der Waals surface area contributed by atoms with Gasteiger partial charge in [0.05, 0.1) is 18.9 Å². The normalized spacial score (nSPS) is 13.1. The summed E-state index contributed by atoms with van der Waals surface area (Å²) in [4.78, 5) is 3.81. The summed E-state index contributed by atoms with van der Waals surface area (Å²) in [6.45, 7) is 0. The molecule has 0 saturated carbocycles. The third-order valence-electron chi connectivity index (χ3n) is 2.89. The molecular weight excluding hydrogens is 271 g/mol. The molecule has 1 aromatic heterocycles. The molecule has 1 heterocycles. The van der Waals surface area contributed by atoms with Crippen LogP contribution in [0.5, 0.6) is 5.75 Å². The number of aliphatic hydroxyl groups is 1. The molecule has 0 spiro atoms. The molecular formula is C14H12F3NO2. The van der Waals surface area contributed by atoms with Crippen LogP contribution in [0.2, 0.25) is 0 Å². The van der Waals surface area contributed by atoms with Crippen molar-refractivity contribution in [2.24, 2.45) is 0 Å². The SMILES string of the molecule is COc1cnccc1C(O)c1ccccc1C(F)(F)F. The second-order valence-corrected chi connectivity index (χ2v) is 4.11. The number of benzene rings is 1. The Labute approximate surface area is 113 Å². The maximum Gasteiger partial charge on any atom is 0.416 e. The summed E-state index contributed by atoms with van der Waals surface area (Å²) in [6, 6.07) is 6.33. The van der Waals surface area contributed by atoms with Crippen molar-refractivity contribution in [2.45, 2.75) is 12.3 Å². The third kappa shape index (κ3) is 2.75. The average Bonchev–Trinajstić information content (AvgIpc) is 2.45. The second-order valence-electron chi connectivity index (χ2n) is 4.11. The summed E-state index contributed by atoms with van der Waals surface area (Å²) >= 11 is 0. The summed E-state index contributed by atoms with van der Waals surface area (Å²) in [5.41, 5.74) is -0.852. The molecule has 0 saturated heterocycles. The van der Waals surface area contributed by atoms with Crippen LogP contribution in [0, 0.1) is 0 Å². The highest BCUT2D eigenvalue weighted by Crippen LogP contribution is 2.38. The van der Waals surface area contributed by atoms with Gasteiger partial charge in [-0.3, -0.25) is 4.98 Å². The Morgan fingerprint density at radius 1 is 1.15 bits per heavy atom. The first-order valence-corrected chi connectivity index (χ1v) is 5.77. The molecule has 0 aliphatic carbocycles. The van der Waals surface area contributed by atoms with E-state index in [4.69, 9.17) is 4.74 Å². The van der Waals surface area contributed by atoms with Gasteiger partial charge in [0, 0.05) is 11.8 Å². The molecule has 0 aliphatic heterocycles. The van der Waals surface area contributed by atoms with Crippen molar-refractivity contribution in [3.05, 3.63) is 59.4 Å². The number of pyridine rings is 1. The molecule has 1 atom stereocenters. The zero-order valence-electron chi connectivity index (χ0n) is 10.6.